The first kappa shape index (κ1) is 46.9. The molecule has 6 N–H and O–H groups in total. The van der Waals surface area contributed by atoms with Crippen molar-refractivity contribution in [3.8, 4) is 0 Å². The summed E-state index contributed by atoms with van der Waals surface area (Å²) in [7, 11) is -4.40. The van der Waals surface area contributed by atoms with Gasteiger partial charge >= 0.3 is 7.82 Å². The van der Waals surface area contributed by atoms with Gasteiger partial charge in [-0.25, -0.2) is 4.57 Å². The molecule has 0 saturated heterocycles. The largest absolute Gasteiger partial charge is 0.472 e. The van der Waals surface area contributed by atoms with Gasteiger partial charge in [-0.15, -0.1) is 0 Å². The molecule has 0 aliphatic carbocycles. The van der Waals surface area contributed by atoms with Crippen molar-refractivity contribution < 1.29 is 33.5 Å². The third-order valence-electron chi connectivity index (χ3n) is 8.58. The standard InChI is InChI=1S/C38H75N2O7P/c1-3-5-7-9-11-13-15-17-18-20-22-24-26-28-30-37(42)36(34-47-48(44,45)46-32-31-39)40-38(43)33-35(41)29-27-25-23-21-19-16-14-12-10-8-6-4-2/h20,22,28,30,35-37,41-42H,3-19,21,23-27,29,31-34,39H2,1-2H3,(H,40,43)(H,44,45)/b22-20+,30-28+. The number of phosphoric ester groups is 1. The molecule has 1 amide bonds. The van der Waals surface area contributed by atoms with Crippen LogP contribution in [0.25, 0.3) is 0 Å². The van der Waals surface area contributed by atoms with E-state index in [1.54, 1.807) is 6.08 Å². The normalized spacial score (nSPS) is 15.2. The fourth-order valence-electron chi connectivity index (χ4n) is 5.60. The van der Waals surface area contributed by atoms with E-state index < -0.39 is 38.6 Å². The summed E-state index contributed by atoms with van der Waals surface area (Å²) in [4.78, 5) is 22.6. The predicted octanol–water partition coefficient (Wildman–Crippen LogP) is 9.19. The van der Waals surface area contributed by atoms with Crippen molar-refractivity contribution in [2.75, 3.05) is 19.8 Å². The molecule has 0 aliphatic heterocycles. The minimum atomic E-state index is -4.40. The zero-order valence-corrected chi connectivity index (χ0v) is 31.7. The average Bonchev–Trinajstić information content (AvgIpc) is 3.06. The maximum atomic E-state index is 12.7. The van der Waals surface area contributed by atoms with Crippen LogP contribution in [0.2, 0.25) is 0 Å². The van der Waals surface area contributed by atoms with Crippen molar-refractivity contribution in [3.05, 3.63) is 24.3 Å². The number of allylic oxidation sites excluding steroid dienone is 3. The third-order valence-corrected chi connectivity index (χ3v) is 9.57. The lowest BCUT2D eigenvalue weighted by atomic mass is 10.0. The SMILES string of the molecule is CCCCCCCCCC/C=C/CC/C=C/C(O)C(COP(=O)(O)OCCN)NC(=O)CC(O)CCCCCCCCCCCCCC. The molecule has 4 atom stereocenters. The van der Waals surface area contributed by atoms with E-state index in [2.05, 4.69) is 31.3 Å². The number of phosphoric acid groups is 1. The van der Waals surface area contributed by atoms with Gasteiger partial charge in [0.2, 0.25) is 5.91 Å². The molecule has 0 saturated carbocycles. The number of nitrogens with one attached hydrogen (secondary N) is 1. The molecule has 4 unspecified atom stereocenters. The molecule has 48 heavy (non-hydrogen) atoms. The molecule has 0 spiro atoms. The van der Waals surface area contributed by atoms with Gasteiger partial charge in [0.15, 0.2) is 0 Å². The Hall–Kier alpha value is -1.06. The molecule has 10 heteroatoms. The smallest absolute Gasteiger partial charge is 0.393 e. The quantitative estimate of drug-likeness (QED) is 0.0246. The fraction of sp³-hybridized carbons (Fsp3) is 0.868. The van der Waals surface area contributed by atoms with Crippen molar-refractivity contribution >= 4 is 13.7 Å². The Bertz CT molecular complexity index is 827. The number of hydrogen-bond acceptors (Lipinski definition) is 7. The minimum absolute atomic E-state index is 0.0457. The van der Waals surface area contributed by atoms with E-state index in [0.717, 1.165) is 32.1 Å². The zero-order valence-electron chi connectivity index (χ0n) is 30.8. The fourth-order valence-corrected chi connectivity index (χ4v) is 6.36. The van der Waals surface area contributed by atoms with E-state index in [4.69, 9.17) is 14.8 Å². The van der Waals surface area contributed by atoms with Gasteiger partial charge in [0, 0.05) is 6.54 Å². The van der Waals surface area contributed by atoms with E-state index in [9.17, 15) is 24.5 Å². The zero-order chi connectivity index (χ0) is 35.6. The number of hydrogen-bond donors (Lipinski definition) is 5. The number of carbonyl (C=O) groups is 1. The molecule has 0 rings (SSSR count). The van der Waals surface area contributed by atoms with Crippen LogP contribution >= 0.6 is 7.82 Å². The molecule has 284 valence electrons. The topological polar surface area (TPSA) is 151 Å². The first-order valence-electron chi connectivity index (χ1n) is 19.5. The average molecular weight is 703 g/mol. The Kier molecular flexibility index (Phi) is 33.6. The summed E-state index contributed by atoms with van der Waals surface area (Å²) in [5.74, 6) is -0.456. The van der Waals surface area contributed by atoms with Crippen LogP contribution in [0.1, 0.15) is 174 Å². The van der Waals surface area contributed by atoms with E-state index in [-0.39, 0.29) is 19.6 Å². The highest BCUT2D eigenvalue weighted by Crippen LogP contribution is 2.43. The maximum absolute atomic E-state index is 12.7. The van der Waals surface area contributed by atoms with Crippen LogP contribution in [0, 0.1) is 0 Å². The number of aliphatic hydroxyl groups is 2. The van der Waals surface area contributed by atoms with Crippen molar-refractivity contribution in [1.29, 1.82) is 0 Å². The predicted molar refractivity (Wildman–Crippen MR) is 200 cm³/mol. The Morgan fingerprint density at radius 2 is 1.19 bits per heavy atom. The van der Waals surface area contributed by atoms with Gasteiger partial charge in [-0.05, 0) is 32.1 Å². The van der Waals surface area contributed by atoms with Gasteiger partial charge in [-0.2, -0.15) is 0 Å². The van der Waals surface area contributed by atoms with Gasteiger partial charge in [0.05, 0.1) is 37.9 Å². The molecular weight excluding hydrogens is 627 g/mol. The Labute approximate surface area is 294 Å². The molecule has 9 nitrogen and oxygen atoms in total. The number of rotatable bonds is 36. The first-order chi connectivity index (χ1) is 23.3. The van der Waals surface area contributed by atoms with Gasteiger partial charge in [-0.1, -0.05) is 160 Å². The highest BCUT2D eigenvalue weighted by atomic mass is 31.2. The third kappa shape index (κ3) is 32.2. The lowest BCUT2D eigenvalue weighted by Gasteiger charge is -2.24. The van der Waals surface area contributed by atoms with Crippen LogP contribution in [0.3, 0.4) is 0 Å². The number of nitrogens with two attached hydrogens (primary N) is 1. The number of aliphatic hydroxyl groups excluding tert-OH is 2. The Balaban J connectivity index is 4.47. The molecule has 0 aliphatic rings. The molecule has 0 fully saturated rings. The second-order valence-corrected chi connectivity index (χ2v) is 14.8. The molecule has 0 bridgehead atoms. The molecule has 0 radical (unpaired) electrons. The van der Waals surface area contributed by atoms with Gasteiger partial charge < -0.3 is 26.2 Å². The highest BCUT2D eigenvalue weighted by Gasteiger charge is 2.27. The summed E-state index contributed by atoms with van der Waals surface area (Å²) in [6, 6.07) is -0.993. The van der Waals surface area contributed by atoms with Gasteiger partial charge in [-0.3, -0.25) is 13.8 Å². The lowest BCUT2D eigenvalue weighted by molar-refractivity contribution is -0.124. The van der Waals surface area contributed by atoms with E-state index in [1.165, 1.54) is 109 Å². The summed E-state index contributed by atoms with van der Waals surface area (Å²) in [6.07, 6.45) is 34.0. The number of unbranched alkanes of at least 4 members (excludes halogenated alkanes) is 20. The summed E-state index contributed by atoms with van der Waals surface area (Å²) >= 11 is 0. The van der Waals surface area contributed by atoms with Crippen molar-refractivity contribution in [2.45, 2.75) is 193 Å². The number of carbonyl (C=O) groups excluding carboxylic acids is 1. The molecule has 0 aromatic heterocycles. The molecule has 0 aromatic rings. The van der Waals surface area contributed by atoms with Crippen LogP contribution in [-0.2, 0) is 18.4 Å². The maximum Gasteiger partial charge on any atom is 0.472 e. The van der Waals surface area contributed by atoms with Crippen LogP contribution in [0.5, 0.6) is 0 Å². The monoisotopic (exact) mass is 703 g/mol. The van der Waals surface area contributed by atoms with Crippen LogP contribution < -0.4 is 11.1 Å². The van der Waals surface area contributed by atoms with Gasteiger partial charge in [0.25, 0.3) is 0 Å². The van der Waals surface area contributed by atoms with Crippen molar-refractivity contribution in [3.63, 3.8) is 0 Å². The lowest BCUT2D eigenvalue weighted by Crippen LogP contribution is -2.46. The molecule has 0 aromatic carbocycles. The second-order valence-electron chi connectivity index (χ2n) is 13.3. The van der Waals surface area contributed by atoms with Crippen LogP contribution in [0.15, 0.2) is 24.3 Å². The minimum Gasteiger partial charge on any atom is -0.393 e. The summed E-state index contributed by atoms with van der Waals surface area (Å²) in [6.45, 7) is 3.93. The van der Waals surface area contributed by atoms with Crippen molar-refractivity contribution in [2.24, 2.45) is 5.73 Å². The Morgan fingerprint density at radius 1 is 0.708 bits per heavy atom. The molecular formula is C38H75N2O7P. The first-order valence-corrected chi connectivity index (χ1v) is 21.0. The van der Waals surface area contributed by atoms with Gasteiger partial charge in [0.1, 0.15) is 0 Å². The number of amides is 1. The van der Waals surface area contributed by atoms with Crippen LogP contribution in [-0.4, -0.2) is 59.0 Å². The summed E-state index contributed by atoms with van der Waals surface area (Å²) in [5.41, 5.74) is 5.34. The second kappa shape index (κ2) is 34.4. The van der Waals surface area contributed by atoms with E-state index >= 15 is 0 Å². The van der Waals surface area contributed by atoms with Crippen LogP contribution in [0.4, 0.5) is 0 Å². The Morgan fingerprint density at radius 3 is 1.73 bits per heavy atom. The van der Waals surface area contributed by atoms with Crippen molar-refractivity contribution in [1.82, 2.24) is 5.32 Å². The highest BCUT2D eigenvalue weighted by molar-refractivity contribution is 7.47. The molecule has 0 heterocycles. The van der Waals surface area contributed by atoms with E-state index in [0.29, 0.717) is 12.8 Å². The summed E-state index contributed by atoms with van der Waals surface area (Å²) < 4.78 is 22.0. The van der Waals surface area contributed by atoms with E-state index in [1.807, 2.05) is 6.08 Å². The summed E-state index contributed by atoms with van der Waals surface area (Å²) in [5, 5.41) is 23.9.